The molecule has 8 heteroatoms. The van der Waals surface area contributed by atoms with E-state index in [1.165, 1.54) is 6.20 Å². The van der Waals surface area contributed by atoms with E-state index in [9.17, 15) is 13.2 Å². The van der Waals surface area contributed by atoms with E-state index in [1.54, 1.807) is 23.0 Å². The van der Waals surface area contributed by atoms with Crippen molar-refractivity contribution in [2.75, 3.05) is 0 Å². The first-order valence-electron chi connectivity index (χ1n) is 8.04. The summed E-state index contributed by atoms with van der Waals surface area (Å²) >= 11 is 0. The topological polar surface area (TPSA) is 48.5 Å². The van der Waals surface area contributed by atoms with E-state index < -0.39 is 17.5 Å². The number of hydrogen-bond acceptors (Lipinski definition) is 3. The predicted molar refractivity (Wildman–Crippen MR) is 89.8 cm³/mol. The van der Waals surface area contributed by atoms with E-state index in [0.29, 0.717) is 18.4 Å². The molecule has 3 heterocycles. The Morgan fingerprint density at radius 3 is 2.62 bits per heavy atom. The van der Waals surface area contributed by atoms with Gasteiger partial charge in [-0.1, -0.05) is 0 Å². The van der Waals surface area contributed by atoms with Gasteiger partial charge < -0.3 is 9.13 Å². The quantitative estimate of drug-likeness (QED) is 0.522. The molecule has 0 atom stereocenters. The Labute approximate surface area is 146 Å². The average molecular weight is 357 g/mol. The molecule has 0 fully saturated rings. The Kier molecular flexibility index (Phi) is 3.95. The maximum absolute atomic E-state index is 14.1. The zero-order chi connectivity index (χ0) is 18.3. The van der Waals surface area contributed by atoms with Gasteiger partial charge in [-0.3, -0.25) is 0 Å². The van der Waals surface area contributed by atoms with E-state index >= 15 is 0 Å². The van der Waals surface area contributed by atoms with Crippen LogP contribution in [0.3, 0.4) is 0 Å². The maximum Gasteiger partial charge on any atom is 0.161 e. The summed E-state index contributed by atoms with van der Waals surface area (Å²) in [6.45, 7) is 2.92. The molecule has 0 N–H and O–H groups in total. The van der Waals surface area contributed by atoms with Crippen LogP contribution >= 0.6 is 0 Å². The lowest BCUT2D eigenvalue weighted by Crippen LogP contribution is -2.09. The molecule has 0 bridgehead atoms. The summed E-state index contributed by atoms with van der Waals surface area (Å²) in [5.41, 5.74) is 1.40. The SMILES string of the molecule is CCn1c(Cn2ccnc2-c2cc(F)c(F)cc2F)nc2cccnc21. The summed E-state index contributed by atoms with van der Waals surface area (Å²) in [7, 11) is 0. The number of aromatic nitrogens is 5. The lowest BCUT2D eigenvalue weighted by Gasteiger charge is -2.10. The highest BCUT2D eigenvalue weighted by Gasteiger charge is 2.18. The Morgan fingerprint density at radius 1 is 1.00 bits per heavy atom. The van der Waals surface area contributed by atoms with Gasteiger partial charge in [0.05, 0.1) is 12.1 Å². The van der Waals surface area contributed by atoms with Crippen molar-refractivity contribution in [2.24, 2.45) is 0 Å². The maximum atomic E-state index is 14.1. The first-order valence-corrected chi connectivity index (χ1v) is 8.04. The van der Waals surface area contributed by atoms with Gasteiger partial charge >= 0.3 is 0 Å². The lowest BCUT2D eigenvalue weighted by molar-refractivity contribution is 0.495. The summed E-state index contributed by atoms with van der Waals surface area (Å²) < 4.78 is 44.5. The van der Waals surface area contributed by atoms with Crippen LogP contribution in [0.1, 0.15) is 12.7 Å². The normalized spacial score (nSPS) is 11.4. The van der Waals surface area contributed by atoms with Gasteiger partial charge in [-0.05, 0) is 25.1 Å². The Hall–Kier alpha value is -3.16. The van der Waals surface area contributed by atoms with Crippen LogP contribution in [0.25, 0.3) is 22.6 Å². The molecule has 0 saturated heterocycles. The third-order valence-electron chi connectivity index (χ3n) is 4.18. The van der Waals surface area contributed by atoms with Crippen molar-refractivity contribution in [2.45, 2.75) is 20.0 Å². The van der Waals surface area contributed by atoms with E-state index in [2.05, 4.69) is 15.0 Å². The van der Waals surface area contributed by atoms with Crippen LogP contribution in [-0.2, 0) is 13.1 Å². The Morgan fingerprint density at radius 2 is 1.81 bits per heavy atom. The molecule has 0 aliphatic rings. The van der Waals surface area contributed by atoms with E-state index in [1.807, 2.05) is 17.6 Å². The highest BCUT2D eigenvalue weighted by atomic mass is 19.2. The van der Waals surface area contributed by atoms with Crippen LogP contribution < -0.4 is 0 Å². The van der Waals surface area contributed by atoms with E-state index in [-0.39, 0.29) is 17.9 Å². The highest BCUT2D eigenvalue weighted by Crippen LogP contribution is 2.25. The Bertz CT molecular complexity index is 1100. The summed E-state index contributed by atoms with van der Waals surface area (Å²) in [6, 6.07) is 5.00. The highest BCUT2D eigenvalue weighted by molar-refractivity contribution is 5.71. The molecule has 0 unspecified atom stereocenters. The predicted octanol–water partition coefficient (Wildman–Crippen LogP) is 3.78. The number of aryl methyl sites for hydroxylation is 1. The van der Waals surface area contributed by atoms with Gasteiger partial charge in [0, 0.05) is 31.2 Å². The van der Waals surface area contributed by atoms with Crippen LogP contribution in [0.15, 0.2) is 42.9 Å². The van der Waals surface area contributed by atoms with Gasteiger partial charge in [-0.15, -0.1) is 0 Å². The summed E-state index contributed by atoms with van der Waals surface area (Å²) in [5.74, 6) is -2.32. The van der Waals surface area contributed by atoms with Crippen molar-refractivity contribution >= 4 is 11.2 Å². The van der Waals surface area contributed by atoms with Crippen LogP contribution in [-0.4, -0.2) is 24.1 Å². The number of halogens is 3. The number of nitrogens with zero attached hydrogens (tertiary/aromatic N) is 5. The molecule has 0 spiro atoms. The van der Waals surface area contributed by atoms with Gasteiger partial charge in [0.15, 0.2) is 17.3 Å². The number of hydrogen-bond donors (Lipinski definition) is 0. The fourth-order valence-electron chi connectivity index (χ4n) is 2.99. The van der Waals surface area contributed by atoms with Crippen molar-refractivity contribution < 1.29 is 13.2 Å². The largest absolute Gasteiger partial charge is 0.323 e. The second kappa shape index (κ2) is 6.29. The molecule has 0 aliphatic heterocycles. The molecule has 0 aliphatic carbocycles. The molecule has 4 aromatic rings. The van der Waals surface area contributed by atoms with Crippen LogP contribution in [0, 0.1) is 17.5 Å². The molecule has 26 heavy (non-hydrogen) atoms. The number of imidazole rings is 2. The monoisotopic (exact) mass is 357 g/mol. The van der Waals surface area contributed by atoms with Gasteiger partial charge in [0.1, 0.15) is 23.0 Å². The average Bonchev–Trinajstić information content (AvgIpc) is 3.22. The van der Waals surface area contributed by atoms with Crippen LogP contribution in [0.4, 0.5) is 13.2 Å². The zero-order valence-electron chi connectivity index (χ0n) is 13.8. The third-order valence-corrected chi connectivity index (χ3v) is 4.18. The number of fused-ring (bicyclic) bond motifs is 1. The Balaban J connectivity index is 1.79. The lowest BCUT2D eigenvalue weighted by atomic mass is 10.2. The number of benzene rings is 1. The number of rotatable bonds is 4. The van der Waals surface area contributed by atoms with Crippen molar-refractivity contribution in [3.05, 3.63) is 66.1 Å². The second-order valence-corrected chi connectivity index (χ2v) is 5.74. The summed E-state index contributed by atoms with van der Waals surface area (Å²) in [6.07, 6.45) is 4.81. The molecule has 4 rings (SSSR count). The molecular formula is C18H14F3N5. The summed E-state index contributed by atoms with van der Waals surface area (Å²) in [5, 5.41) is 0. The minimum atomic E-state index is -1.23. The minimum Gasteiger partial charge on any atom is -0.323 e. The number of pyridine rings is 1. The molecule has 132 valence electrons. The fraction of sp³-hybridized carbons (Fsp3) is 0.167. The van der Waals surface area contributed by atoms with Gasteiger partial charge in [0.25, 0.3) is 0 Å². The van der Waals surface area contributed by atoms with Crippen LogP contribution in [0.5, 0.6) is 0 Å². The van der Waals surface area contributed by atoms with Crippen LogP contribution in [0.2, 0.25) is 0 Å². The van der Waals surface area contributed by atoms with Crippen molar-refractivity contribution in [1.29, 1.82) is 0 Å². The van der Waals surface area contributed by atoms with Gasteiger partial charge in [0.2, 0.25) is 0 Å². The van der Waals surface area contributed by atoms with Crippen molar-refractivity contribution in [3.8, 4) is 11.4 Å². The zero-order valence-corrected chi connectivity index (χ0v) is 13.8. The third kappa shape index (κ3) is 2.63. The first kappa shape index (κ1) is 16.3. The van der Waals surface area contributed by atoms with E-state index in [4.69, 9.17) is 0 Å². The van der Waals surface area contributed by atoms with Crippen molar-refractivity contribution in [3.63, 3.8) is 0 Å². The first-order chi connectivity index (χ1) is 12.6. The molecule has 1 aromatic carbocycles. The van der Waals surface area contributed by atoms with E-state index in [0.717, 1.165) is 17.2 Å². The van der Waals surface area contributed by atoms with Gasteiger partial charge in [-0.25, -0.2) is 28.1 Å². The summed E-state index contributed by atoms with van der Waals surface area (Å²) in [4.78, 5) is 13.0. The molecule has 0 radical (unpaired) electrons. The standard InChI is InChI=1S/C18H14F3N5/c1-2-26-16(24-15-4-3-5-22-18(15)26)10-25-7-6-23-17(25)11-8-13(20)14(21)9-12(11)19/h3-9H,2,10H2,1H3. The molecule has 0 amide bonds. The molecule has 3 aromatic heterocycles. The smallest absolute Gasteiger partial charge is 0.161 e. The fourth-order valence-corrected chi connectivity index (χ4v) is 2.99. The van der Waals surface area contributed by atoms with Crippen molar-refractivity contribution in [1.82, 2.24) is 24.1 Å². The molecular weight excluding hydrogens is 343 g/mol. The molecule has 5 nitrogen and oxygen atoms in total. The molecule has 0 saturated carbocycles. The second-order valence-electron chi connectivity index (χ2n) is 5.74. The van der Waals surface area contributed by atoms with Gasteiger partial charge in [-0.2, -0.15) is 0 Å². The minimum absolute atomic E-state index is 0.105.